The molecule has 0 aliphatic carbocycles. The van der Waals surface area contributed by atoms with Gasteiger partial charge in [0.15, 0.2) is 5.75 Å². The van der Waals surface area contributed by atoms with Crippen LogP contribution in [-0.4, -0.2) is 17.2 Å². The van der Waals surface area contributed by atoms with E-state index in [0.717, 1.165) is 25.4 Å². The van der Waals surface area contributed by atoms with Crippen LogP contribution in [0.2, 0.25) is 0 Å². The Hall–Kier alpha value is -4.51. The van der Waals surface area contributed by atoms with Crippen LogP contribution in [0, 0.1) is 5.41 Å². The fourth-order valence-electron chi connectivity index (χ4n) is 6.29. The van der Waals surface area contributed by atoms with Gasteiger partial charge in [0.25, 0.3) is 0 Å². The number of unbranched alkanes of at least 4 members (excludes halogenated alkanes) is 1. The molecule has 6 rings (SSSR count). The van der Waals surface area contributed by atoms with Gasteiger partial charge in [-0.15, -0.1) is 0 Å². The molecule has 1 aromatic heterocycles. The van der Waals surface area contributed by atoms with Crippen molar-refractivity contribution in [3.05, 3.63) is 149 Å². The van der Waals surface area contributed by atoms with Crippen LogP contribution in [0.5, 0.6) is 11.5 Å². The van der Waals surface area contributed by atoms with Crippen molar-refractivity contribution < 1.29 is 19.1 Å². The number of esters is 1. The standard InChI is InChI=1S/C42H40BrO5P/c1-42(2,3)41(46)48-37-27-26-35-36(44)29-38(47-40(35)39(37)45)31-24-22-30(23-25-31)15-13-14-28-49(43,32-16-7-4-8-17-32,33-18-9-5-10-19-33)34-20-11-6-12-21-34/h4-12,16-27,29,45H,13-15,28H2,1-3H3. The van der Waals surface area contributed by atoms with Crippen LogP contribution >= 0.6 is 20.8 Å². The first-order valence-electron chi connectivity index (χ1n) is 16.5. The molecule has 0 saturated heterocycles. The summed E-state index contributed by atoms with van der Waals surface area (Å²) in [6, 6.07) is 44.9. The normalized spacial score (nSPS) is 12.7. The molecule has 0 amide bonds. The Labute approximate surface area is 295 Å². The van der Waals surface area contributed by atoms with Gasteiger partial charge in [-0.1, -0.05) is 0 Å². The first-order chi connectivity index (χ1) is 23.5. The number of fused-ring (bicyclic) bond motifs is 1. The Morgan fingerprint density at radius 2 is 1.29 bits per heavy atom. The van der Waals surface area contributed by atoms with Gasteiger partial charge in [0, 0.05) is 0 Å². The number of aromatic hydroxyl groups is 1. The van der Waals surface area contributed by atoms with Crippen LogP contribution in [0.1, 0.15) is 39.2 Å². The number of hydrogen-bond donors (Lipinski definition) is 1. The number of carbonyl (C=O) groups excluding carboxylic acids is 1. The average molecular weight is 736 g/mol. The van der Waals surface area contributed by atoms with Gasteiger partial charge < -0.3 is 9.84 Å². The van der Waals surface area contributed by atoms with E-state index in [-0.39, 0.29) is 27.9 Å². The number of phenolic OH excluding ortho intramolecular Hbond substituents is 1. The maximum atomic E-state index is 13.0. The number of hydrogen-bond acceptors (Lipinski definition) is 5. The number of aryl methyl sites for hydroxylation is 1. The van der Waals surface area contributed by atoms with Crippen LogP contribution in [0.15, 0.2) is 143 Å². The van der Waals surface area contributed by atoms with Gasteiger partial charge in [-0.3, -0.25) is 4.79 Å². The number of ether oxygens (including phenoxy) is 1. The van der Waals surface area contributed by atoms with Gasteiger partial charge in [-0.25, -0.2) is 0 Å². The van der Waals surface area contributed by atoms with E-state index < -0.39 is 16.7 Å². The van der Waals surface area contributed by atoms with E-state index in [2.05, 4.69) is 119 Å². The maximum absolute atomic E-state index is 13.0. The molecule has 1 N–H and O–H groups in total. The zero-order valence-electron chi connectivity index (χ0n) is 27.9. The molecule has 1 heterocycles. The molecular weight excluding hydrogens is 695 g/mol. The van der Waals surface area contributed by atoms with Crippen molar-refractivity contribution in [2.24, 2.45) is 5.41 Å². The van der Waals surface area contributed by atoms with E-state index in [1.54, 1.807) is 20.8 Å². The number of carbonyl (C=O) groups is 1. The predicted octanol–water partition coefficient (Wildman–Crippen LogP) is 9.28. The van der Waals surface area contributed by atoms with E-state index in [0.29, 0.717) is 11.3 Å². The number of benzene rings is 5. The predicted molar refractivity (Wildman–Crippen MR) is 207 cm³/mol. The van der Waals surface area contributed by atoms with Crippen molar-refractivity contribution in [1.29, 1.82) is 0 Å². The summed E-state index contributed by atoms with van der Waals surface area (Å²) >= 11 is 4.54. The Kier molecular flexibility index (Phi) is 9.66. The van der Waals surface area contributed by atoms with Gasteiger partial charge in [0.05, 0.1) is 5.41 Å². The SMILES string of the molecule is CC(C)(C)C(=O)Oc1ccc2c(=O)cc(-c3ccc(CCCCP(Br)(c4ccccc4)(c4ccccc4)c4ccccc4)cc3)oc2c1O. The third-order valence-electron chi connectivity index (χ3n) is 9.06. The molecule has 0 aliphatic rings. The summed E-state index contributed by atoms with van der Waals surface area (Å²) in [6.07, 6.45) is 3.86. The summed E-state index contributed by atoms with van der Waals surface area (Å²) in [6.45, 7) is 5.17. The zero-order chi connectivity index (χ0) is 34.7. The third-order valence-corrected chi connectivity index (χ3v) is 19.1. The molecule has 0 unspecified atom stereocenters. The van der Waals surface area contributed by atoms with E-state index in [1.807, 2.05) is 12.1 Å². The summed E-state index contributed by atoms with van der Waals surface area (Å²) < 4.78 is 11.5. The zero-order valence-corrected chi connectivity index (χ0v) is 30.4. The molecule has 0 atom stereocenters. The second-order valence-corrected chi connectivity index (χ2v) is 22.5. The van der Waals surface area contributed by atoms with E-state index in [1.165, 1.54) is 39.7 Å². The monoisotopic (exact) mass is 734 g/mol. The number of phenols is 1. The smallest absolute Gasteiger partial charge is 0.502 e. The minimum atomic E-state index is -2.97. The molecule has 0 radical (unpaired) electrons. The first kappa shape index (κ1) is 34.4. The van der Waals surface area contributed by atoms with Crippen LogP contribution in [0.4, 0.5) is 0 Å². The average Bonchev–Trinajstić information content (AvgIpc) is 3.12. The van der Waals surface area contributed by atoms with Gasteiger partial charge >= 0.3 is 238 Å². The summed E-state index contributed by atoms with van der Waals surface area (Å²) in [4.78, 5) is 25.4. The van der Waals surface area contributed by atoms with Crippen molar-refractivity contribution in [2.75, 3.05) is 6.16 Å². The molecular formula is C42H40BrO5P. The fourth-order valence-corrected chi connectivity index (χ4v) is 14.0. The van der Waals surface area contributed by atoms with E-state index >= 15 is 0 Å². The summed E-state index contributed by atoms with van der Waals surface area (Å²) in [7, 11) is 0. The number of rotatable bonds is 10. The molecule has 250 valence electrons. The van der Waals surface area contributed by atoms with Crippen molar-refractivity contribution in [2.45, 2.75) is 40.0 Å². The van der Waals surface area contributed by atoms with Crippen LogP contribution < -0.4 is 26.1 Å². The Balaban J connectivity index is 1.23. The molecule has 5 aromatic carbocycles. The van der Waals surface area contributed by atoms with Gasteiger partial charge in [-0.05, 0) is 32.9 Å². The number of halogens is 1. The quantitative estimate of drug-likeness (QED) is 0.0657. The second kappa shape index (κ2) is 13.8. The minimum absolute atomic E-state index is 0.0165. The fraction of sp³-hybridized carbons (Fsp3) is 0.190. The van der Waals surface area contributed by atoms with Crippen LogP contribution in [0.3, 0.4) is 0 Å². The van der Waals surface area contributed by atoms with E-state index in [9.17, 15) is 14.7 Å². The molecule has 0 bridgehead atoms. The molecule has 0 fully saturated rings. The van der Waals surface area contributed by atoms with Crippen molar-refractivity contribution in [3.8, 4) is 22.8 Å². The summed E-state index contributed by atoms with van der Waals surface area (Å²) in [5, 5.41) is 12.1. The van der Waals surface area contributed by atoms with Crippen LogP contribution in [0.25, 0.3) is 22.3 Å². The Bertz CT molecular complexity index is 2040. The van der Waals surface area contributed by atoms with Gasteiger partial charge in [0.1, 0.15) is 0 Å². The molecule has 6 aromatic rings. The van der Waals surface area contributed by atoms with Crippen molar-refractivity contribution in [3.63, 3.8) is 0 Å². The first-order valence-corrected chi connectivity index (χ1v) is 20.9. The van der Waals surface area contributed by atoms with Crippen molar-refractivity contribution >= 4 is 53.6 Å². The van der Waals surface area contributed by atoms with Gasteiger partial charge in [-0.2, -0.15) is 0 Å². The Morgan fingerprint density at radius 1 is 0.755 bits per heavy atom. The molecule has 0 aliphatic heterocycles. The summed E-state index contributed by atoms with van der Waals surface area (Å²) in [5.74, 6) is -0.609. The molecule has 5 nitrogen and oxygen atoms in total. The third kappa shape index (κ3) is 6.73. The van der Waals surface area contributed by atoms with E-state index in [4.69, 9.17) is 9.15 Å². The van der Waals surface area contributed by atoms with Crippen LogP contribution in [-0.2, 0) is 11.2 Å². The van der Waals surface area contributed by atoms with Crippen molar-refractivity contribution in [1.82, 2.24) is 0 Å². The molecule has 0 saturated carbocycles. The molecule has 0 spiro atoms. The molecule has 49 heavy (non-hydrogen) atoms. The Morgan fingerprint density at radius 3 is 1.80 bits per heavy atom. The summed E-state index contributed by atoms with van der Waals surface area (Å²) in [5.41, 5.74) is 0.813. The van der Waals surface area contributed by atoms with Gasteiger partial charge in [0.2, 0.25) is 0 Å². The topological polar surface area (TPSA) is 76.7 Å². The second-order valence-electron chi connectivity index (χ2n) is 13.5. The molecule has 7 heteroatoms. The minimum Gasteiger partial charge on any atom is -0.502 e.